The van der Waals surface area contributed by atoms with Crippen LogP contribution < -0.4 is 0 Å². The van der Waals surface area contributed by atoms with Crippen LogP contribution in [0.5, 0.6) is 0 Å². The van der Waals surface area contributed by atoms with Gasteiger partial charge in [-0.3, -0.25) is 4.79 Å². The van der Waals surface area contributed by atoms with Crippen molar-refractivity contribution in [1.82, 2.24) is 0 Å². The van der Waals surface area contributed by atoms with Crippen LogP contribution >= 0.6 is 11.6 Å². The van der Waals surface area contributed by atoms with Gasteiger partial charge in [0.2, 0.25) is 0 Å². The van der Waals surface area contributed by atoms with Crippen molar-refractivity contribution in [1.29, 1.82) is 0 Å². The molecule has 0 saturated carbocycles. The second kappa shape index (κ2) is 4.33. The Kier molecular flexibility index (Phi) is 3.02. The summed E-state index contributed by atoms with van der Waals surface area (Å²) in [6.45, 7) is 1.92. The molecule has 2 aliphatic rings. The zero-order chi connectivity index (χ0) is 12.5. The number of rotatable bonds is 2. The van der Waals surface area contributed by atoms with Gasteiger partial charge in [-0.2, -0.15) is 0 Å². The van der Waals surface area contributed by atoms with Crippen molar-refractivity contribution in [2.24, 2.45) is 5.16 Å². The van der Waals surface area contributed by atoms with E-state index in [1.807, 2.05) is 0 Å². The Morgan fingerprint density at radius 1 is 1.59 bits per heavy atom. The Hall–Kier alpha value is -1.62. The number of nitrogens with zero attached hydrogens (tertiary/aromatic N) is 1. The van der Waals surface area contributed by atoms with E-state index in [0.717, 1.165) is 0 Å². The maximum Gasteiger partial charge on any atom is 0.357 e. The number of carbonyl (C=O) groups is 2. The van der Waals surface area contributed by atoms with Crippen LogP contribution in [0.25, 0.3) is 0 Å². The zero-order valence-corrected chi connectivity index (χ0v) is 9.81. The number of hydrogen-bond donors (Lipinski definition) is 0. The molecule has 0 aromatic carbocycles. The fourth-order valence-corrected chi connectivity index (χ4v) is 1.86. The van der Waals surface area contributed by atoms with Gasteiger partial charge in [-0.15, -0.1) is 11.6 Å². The summed E-state index contributed by atoms with van der Waals surface area (Å²) in [4.78, 5) is 27.7. The van der Waals surface area contributed by atoms with E-state index in [9.17, 15) is 9.59 Å². The van der Waals surface area contributed by atoms with Gasteiger partial charge in [0.25, 0.3) is 0 Å². The Bertz CT molecular complexity index is 436. The van der Waals surface area contributed by atoms with Gasteiger partial charge in [0.1, 0.15) is 5.38 Å². The highest BCUT2D eigenvalue weighted by molar-refractivity contribution is 6.50. The average Bonchev–Trinajstić information content (AvgIpc) is 2.62. The van der Waals surface area contributed by atoms with Crippen LogP contribution in [0, 0.1) is 0 Å². The zero-order valence-electron chi connectivity index (χ0n) is 9.05. The van der Waals surface area contributed by atoms with Gasteiger partial charge in [0.15, 0.2) is 17.1 Å². The molecule has 6 heteroatoms. The average molecular weight is 256 g/mol. The summed E-state index contributed by atoms with van der Waals surface area (Å²) in [7, 11) is 0. The number of alkyl halides is 1. The van der Waals surface area contributed by atoms with Crippen LogP contribution in [0.3, 0.4) is 0 Å². The molecule has 1 spiro atoms. The van der Waals surface area contributed by atoms with Gasteiger partial charge in [-0.25, -0.2) is 4.79 Å². The Balaban J connectivity index is 2.19. The number of carbonyl (C=O) groups excluding carboxylic acids is 2. The first kappa shape index (κ1) is 11.9. The quantitative estimate of drug-likeness (QED) is 0.545. The minimum absolute atomic E-state index is 0.0113. The number of ketones is 1. The molecule has 1 aliphatic heterocycles. The number of ether oxygens (including phenoxy) is 1. The summed E-state index contributed by atoms with van der Waals surface area (Å²) >= 11 is 6.12. The van der Waals surface area contributed by atoms with E-state index in [1.54, 1.807) is 6.92 Å². The van der Waals surface area contributed by atoms with Gasteiger partial charge in [-0.05, 0) is 31.2 Å². The topological polar surface area (TPSA) is 65.0 Å². The maximum atomic E-state index is 11.5. The summed E-state index contributed by atoms with van der Waals surface area (Å²) in [6, 6.07) is 0. The van der Waals surface area contributed by atoms with Gasteiger partial charge in [0, 0.05) is 0 Å². The van der Waals surface area contributed by atoms with Crippen molar-refractivity contribution in [3.05, 3.63) is 24.3 Å². The maximum absolute atomic E-state index is 11.5. The number of hydrogen-bond acceptors (Lipinski definition) is 5. The van der Waals surface area contributed by atoms with Gasteiger partial charge >= 0.3 is 5.97 Å². The molecule has 0 unspecified atom stereocenters. The third kappa shape index (κ3) is 1.98. The van der Waals surface area contributed by atoms with Crippen molar-refractivity contribution in [3.63, 3.8) is 0 Å². The molecule has 0 amide bonds. The smallest absolute Gasteiger partial charge is 0.357 e. The summed E-state index contributed by atoms with van der Waals surface area (Å²) < 4.78 is 4.80. The van der Waals surface area contributed by atoms with Crippen molar-refractivity contribution >= 4 is 29.1 Å². The van der Waals surface area contributed by atoms with Crippen LogP contribution in [0.15, 0.2) is 29.5 Å². The Morgan fingerprint density at radius 2 is 2.24 bits per heavy atom. The van der Waals surface area contributed by atoms with Gasteiger partial charge in [-0.1, -0.05) is 5.16 Å². The molecule has 2 rings (SSSR count). The second-order valence-corrected chi connectivity index (χ2v) is 4.01. The lowest BCUT2D eigenvalue weighted by molar-refractivity contribution is -0.135. The monoisotopic (exact) mass is 255 g/mol. The van der Waals surface area contributed by atoms with E-state index in [4.69, 9.17) is 21.2 Å². The first-order valence-electron chi connectivity index (χ1n) is 5.09. The van der Waals surface area contributed by atoms with E-state index in [-0.39, 0.29) is 18.1 Å². The second-order valence-electron chi connectivity index (χ2n) is 3.57. The molecular formula is C11H10ClNO4. The normalized spacial score (nSPS) is 24.7. The molecule has 0 saturated heterocycles. The Morgan fingerprint density at radius 3 is 2.82 bits per heavy atom. The van der Waals surface area contributed by atoms with Crippen LogP contribution in [0.4, 0.5) is 0 Å². The Labute approximate surface area is 103 Å². The van der Waals surface area contributed by atoms with Crippen LogP contribution in [0.1, 0.15) is 6.92 Å². The molecule has 0 N–H and O–H groups in total. The highest BCUT2D eigenvalue weighted by Crippen LogP contribution is 2.33. The third-order valence-electron chi connectivity index (χ3n) is 2.44. The predicted molar refractivity (Wildman–Crippen MR) is 60.8 cm³/mol. The molecule has 0 radical (unpaired) electrons. The fraction of sp³-hybridized carbons (Fsp3) is 0.364. The third-order valence-corrected chi connectivity index (χ3v) is 2.99. The summed E-state index contributed by atoms with van der Waals surface area (Å²) in [5, 5.41) is 2.83. The van der Waals surface area contributed by atoms with Crippen LogP contribution in [0.2, 0.25) is 0 Å². The van der Waals surface area contributed by atoms with Gasteiger partial charge in [0.05, 0.1) is 6.61 Å². The molecule has 5 nitrogen and oxygen atoms in total. The molecule has 0 aromatic heterocycles. The van der Waals surface area contributed by atoms with E-state index in [0.29, 0.717) is 0 Å². The lowest BCUT2D eigenvalue weighted by Gasteiger charge is -2.23. The molecular weight excluding hydrogens is 246 g/mol. The summed E-state index contributed by atoms with van der Waals surface area (Å²) in [5.41, 5.74) is -1.05. The lowest BCUT2D eigenvalue weighted by atomic mass is 9.92. The van der Waals surface area contributed by atoms with Gasteiger partial charge < -0.3 is 9.57 Å². The molecule has 0 fully saturated rings. The van der Waals surface area contributed by atoms with E-state index < -0.39 is 16.9 Å². The van der Waals surface area contributed by atoms with Crippen LogP contribution in [-0.2, 0) is 19.2 Å². The van der Waals surface area contributed by atoms with Crippen LogP contribution in [-0.4, -0.2) is 35.0 Å². The molecule has 90 valence electrons. The van der Waals surface area contributed by atoms with Crippen molar-refractivity contribution in [2.45, 2.75) is 17.9 Å². The summed E-state index contributed by atoms with van der Waals surface area (Å²) in [5.74, 6) is -0.768. The molecule has 0 aromatic rings. The van der Waals surface area contributed by atoms with E-state index in [1.165, 1.54) is 24.3 Å². The van der Waals surface area contributed by atoms with Crippen molar-refractivity contribution < 1.29 is 19.2 Å². The van der Waals surface area contributed by atoms with Crippen molar-refractivity contribution in [3.8, 4) is 0 Å². The molecule has 1 atom stereocenters. The number of halogens is 1. The first-order chi connectivity index (χ1) is 8.09. The van der Waals surface area contributed by atoms with E-state index >= 15 is 0 Å². The van der Waals surface area contributed by atoms with Crippen molar-refractivity contribution in [2.75, 3.05) is 6.61 Å². The number of allylic oxidation sites excluding steroid dienone is 2. The summed E-state index contributed by atoms with van der Waals surface area (Å²) in [6.07, 6.45) is 5.64. The highest BCUT2D eigenvalue weighted by atomic mass is 35.5. The molecule has 0 bridgehead atoms. The highest BCUT2D eigenvalue weighted by Gasteiger charge is 2.48. The first-order valence-corrected chi connectivity index (χ1v) is 5.52. The number of esters is 1. The molecule has 1 aliphatic carbocycles. The molecule has 1 heterocycles. The fourth-order valence-electron chi connectivity index (χ4n) is 1.55. The number of oxime groups is 1. The SMILES string of the molecule is CCOC(=O)C1=NOC2(C=CC(=O)C=C2)[C@H]1Cl. The lowest BCUT2D eigenvalue weighted by Crippen LogP contribution is -2.40. The minimum atomic E-state index is -1.06. The predicted octanol–water partition coefficient (Wildman–Crippen LogP) is 0.977. The standard InChI is InChI=1S/C11H10ClNO4/c1-2-16-10(15)8-9(12)11(17-13-8)5-3-7(14)4-6-11/h3-6,9H,2H2,1H3/t9-/m0/s1. The van der Waals surface area contributed by atoms with E-state index in [2.05, 4.69) is 5.16 Å². The largest absolute Gasteiger partial charge is 0.461 e. The minimum Gasteiger partial charge on any atom is -0.461 e. The molecule has 17 heavy (non-hydrogen) atoms.